The molecular formula is C25H27N3O4. The molecule has 0 heterocycles. The van der Waals surface area contributed by atoms with E-state index in [9.17, 15) is 19.6 Å². The highest BCUT2D eigenvalue weighted by Gasteiger charge is 2.34. The molecule has 1 aliphatic carbocycles. The molecule has 3 rings (SSSR count). The van der Waals surface area contributed by atoms with E-state index in [0.29, 0.717) is 18.4 Å². The van der Waals surface area contributed by atoms with Crippen molar-refractivity contribution >= 4 is 17.8 Å². The summed E-state index contributed by atoms with van der Waals surface area (Å²) in [4.78, 5) is 37.8. The van der Waals surface area contributed by atoms with Crippen LogP contribution < -0.4 is 10.6 Å². The zero-order chi connectivity index (χ0) is 22.8. The summed E-state index contributed by atoms with van der Waals surface area (Å²) >= 11 is 0. The first-order valence-corrected chi connectivity index (χ1v) is 10.8. The highest BCUT2D eigenvalue weighted by atomic mass is 16.5. The minimum Gasteiger partial charge on any atom is -0.454 e. The highest BCUT2D eigenvalue weighted by Crippen LogP contribution is 2.27. The lowest BCUT2D eigenvalue weighted by atomic mass is 9.83. The van der Waals surface area contributed by atoms with Crippen LogP contribution in [-0.2, 0) is 20.7 Å². The van der Waals surface area contributed by atoms with Gasteiger partial charge in [0.1, 0.15) is 11.6 Å². The van der Waals surface area contributed by atoms with Gasteiger partial charge in [-0.25, -0.2) is 4.79 Å². The standard InChI is InChI=1S/C25H27N3O4/c26-18-25(14-8-3-9-15-25)28-22(29)17-32-24(31)21(16-19-10-4-1-5-11-19)27-23(30)20-12-6-2-7-13-20/h1-2,4-7,10-13,21H,3,8-9,14-17H2,(H,27,30)(H,28,29)/t21-/m1/s1. The van der Waals surface area contributed by atoms with Crippen LogP contribution in [0.1, 0.15) is 48.0 Å². The molecule has 0 aliphatic heterocycles. The third-order valence-electron chi connectivity index (χ3n) is 5.55. The maximum Gasteiger partial charge on any atom is 0.329 e. The average Bonchev–Trinajstić information content (AvgIpc) is 2.84. The molecule has 32 heavy (non-hydrogen) atoms. The van der Waals surface area contributed by atoms with Gasteiger partial charge in [-0.1, -0.05) is 67.8 Å². The Morgan fingerprint density at radius 1 is 0.969 bits per heavy atom. The van der Waals surface area contributed by atoms with E-state index in [1.165, 1.54) is 0 Å². The van der Waals surface area contributed by atoms with Crippen LogP contribution in [0, 0.1) is 11.3 Å². The van der Waals surface area contributed by atoms with E-state index < -0.39 is 36.0 Å². The number of esters is 1. The lowest BCUT2D eigenvalue weighted by Gasteiger charge is -2.31. The Morgan fingerprint density at radius 2 is 1.59 bits per heavy atom. The molecule has 7 heteroatoms. The maximum atomic E-state index is 12.8. The molecular weight excluding hydrogens is 406 g/mol. The normalized spacial score (nSPS) is 15.6. The largest absolute Gasteiger partial charge is 0.454 e. The number of amides is 2. The molecule has 2 amide bonds. The van der Waals surface area contributed by atoms with Crippen LogP contribution in [-0.4, -0.2) is 36.0 Å². The number of carbonyl (C=O) groups excluding carboxylic acids is 3. The van der Waals surface area contributed by atoms with Gasteiger partial charge in [-0.15, -0.1) is 0 Å². The average molecular weight is 434 g/mol. The number of nitrogens with zero attached hydrogens (tertiary/aromatic N) is 1. The number of benzene rings is 2. The number of nitrogens with one attached hydrogen (secondary N) is 2. The van der Waals surface area contributed by atoms with Gasteiger partial charge in [0.2, 0.25) is 0 Å². The number of ether oxygens (including phenoxy) is 1. The van der Waals surface area contributed by atoms with Crippen LogP contribution in [0.3, 0.4) is 0 Å². The second-order valence-electron chi connectivity index (χ2n) is 7.99. The second-order valence-corrected chi connectivity index (χ2v) is 7.99. The first-order chi connectivity index (χ1) is 15.5. The Balaban J connectivity index is 1.63. The fourth-order valence-corrected chi connectivity index (χ4v) is 3.83. The SMILES string of the molecule is N#CC1(NC(=O)COC(=O)[C@@H](Cc2ccccc2)NC(=O)c2ccccc2)CCCCC1. The van der Waals surface area contributed by atoms with Crippen LogP contribution in [0.2, 0.25) is 0 Å². The zero-order valence-corrected chi connectivity index (χ0v) is 17.9. The molecule has 0 saturated heterocycles. The smallest absolute Gasteiger partial charge is 0.329 e. The molecule has 0 unspecified atom stereocenters. The Bertz CT molecular complexity index is 964. The van der Waals surface area contributed by atoms with Crippen LogP contribution in [0.25, 0.3) is 0 Å². The number of rotatable bonds is 8. The van der Waals surface area contributed by atoms with Crippen molar-refractivity contribution in [2.24, 2.45) is 0 Å². The van der Waals surface area contributed by atoms with Gasteiger partial charge in [-0.3, -0.25) is 9.59 Å². The lowest BCUT2D eigenvalue weighted by Crippen LogP contribution is -2.50. The van der Waals surface area contributed by atoms with Crippen molar-refractivity contribution in [3.05, 3.63) is 71.8 Å². The first-order valence-electron chi connectivity index (χ1n) is 10.8. The topological polar surface area (TPSA) is 108 Å². The van der Waals surface area contributed by atoms with Crippen molar-refractivity contribution in [2.45, 2.75) is 50.1 Å². The Morgan fingerprint density at radius 3 is 2.22 bits per heavy atom. The van der Waals surface area contributed by atoms with Crippen LogP contribution in [0.15, 0.2) is 60.7 Å². The molecule has 2 aromatic carbocycles. The monoisotopic (exact) mass is 433 g/mol. The van der Waals surface area contributed by atoms with Crippen molar-refractivity contribution in [3.8, 4) is 6.07 Å². The van der Waals surface area contributed by atoms with Crippen LogP contribution in [0.4, 0.5) is 0 Å². The van der Waals surface area contributed by atoms with Crippen molar-refractivity contribution in [1.29, 1.82) is 5.26 Å². The molecule has 7 nitrogen and oxygen atoms in total. The number of carbonyl (C=O) groups is 3. The number of hydrogen-bond acceptors (Lipinski definition) is 5. The molecule has 1 atom stereocenters. The Hall–Kier alpha value is -3.66. The third-order valence-corrected chi connectivity index (χ3v) is 5.55. The van der Waals surface area contributed by atoms with Gasteiger partial charge in [0.05, 0.1) is 6.07 Å². The molecule has 166 valence electrons. The van der Waals surface area contributed by atoms with Gasteiger partial charge in [0, 0.05) is 12.0 Å². The summed E-state index contributed by atoms with van der Waals surface area (Å²) in [6.07, 6.45) is 4.19. The van der Waals surface area contributed by atoms with Gasteiger partial charge < -0.3 is 15.4 Å². The van der Waals surface area contributed by atoms with Gasteiger partial charge in [0.25, 0.3) is 11.8 Å². The molecule has 0 radical (unpaired) electrons. The molecule has 0 spiro atoms. The van der Waals surface area contributed by atoms with E-state index in [4.69, 9.17) is 4.74 Å². The summed E-state index contributed by atoms with van der Waals surface area (Å²) in [6, 6.07) is 19.1. The maximum absolute atomic E-state index is 12.8. The van der Waals surface area contributed by atoms with Crippen molar-refractivity contribution in [1.82, 2.24) is 10.6 Å². The molecule has 1 fully saturated rings. The predicted octanol–water partition coefficient (Wildman–Crippen LogP) is 2.91. The summed E-state index contributed by atoms with van der Waals surface area (Å²) in [5.74, 6) is -1.63. The van der Waals surface area contributed by atoms with Gasteiger partial charge >= 0.3 is 5.97 Å². The number of nitriles is 1. The fourth-order valence-electron chi connectivity index (χ4n) is 3.83. The summed E-state index contributed by atoms with van der Waals surface area (Å²) in [5, 5.41) is 14.9. The molecule has 0 bridgehead atoms. The number of hydrogen-bond donors (Lipinski definition) is 2. The molecule has 1 aliphatic rings. The summed E-state index contributed by atoms with van der Waals surface area (Å²) in [6.45, 7) is -0.505. The summed E-state index contributed by atoms with van der Waals surface area (Å²) in [7, 11) is 0. The van der Waals surface area contributed by atoms with Gasteiger partial charge in [-0.2, -0.15) is 5.26 Å². The van der Waals surface area contributed by atoms with E-state index in [1.807, 2.05) is 30.3 Å². The predicted molar refractivity (Wildman–Crippen MR) is 118 cm³/mol. The van der Waals surface area contributed by atoms with Crippen molar-refractivity contribution in [3.63, 3.8) is 0 Å². The fraction of sp³-hybridized carbons (Fsp3) is 0.360. The van der Waals surface area contributed by atoms with E-state index in [2.05, 4.69) is 16.7 Å². The van der Waals surface area contributed by atoms with Crippen molar-refractivity contribution < 1.29 is 19.1 Å². The van der Waals surface area contributed by atoms with Crippen LogP contribution >= 0.6 is 0 Å². The third kappa shape index (κ3) is 6.42. The molecule has 0 aromatic heterocycles. The molecule has 1 saturated carbocycles. The van der Waals surface area contributed by atoms with Gasteiger partial charge in [0.15, 0.2) is 6.61 Å². The highest BCUT2D eigenvalue weighted by molar-refractivity contribution is 5.97. The van der Waals surface area contributed by atoms with E-state index in [0.717, 1.165) is 24.8 Å². The van der Waals surface area contributed by atoms with Gasteiger partial charge in [-0.05, 0) is 30.5 Å². The minimum atomic E-state index is -0.961. The summed E-state index contributed by atoms with van der Waals surface area (Å²) in [5.41, 5.74) is 0.370. The van der Waals surface area contributed by atoms with E-state index in [-0.39, 0.29) is 6.42 Å². The molecule has 2 N–H and O–H groups in total. The van der Waals surface area contributed by atoms with Crippen molar-refractivity contribution in [2.75, 3.05) is 6.61 Å². The zero-order valence-electron chi connectivity index (χ0n) is 17.9. The molecule has 2 aromatic rings. The quantitative estimate of drug-likeness (QED) is 0.623. The summed E-state index contributed by atoms with van der Waals surface area (Å²) < 4.78 is 5.23. The first kappa shape index (κ1) is 23.0. The van der Waals surface area contributed by atoms with Crippen LogP contribution in [0.5, 0.6) is 0 Å². The minimum absolute atomic E-state index is 0.224. The Kier molecular flexibility index (Phi) is 7.98. The van der Waals surface area contributed by atoms with E-state index >= 15 is 0 Å². The Labute approximate surface area is 187 Å². The second kappa shape index (κ2) is 11.1. The lowest BCUT2D eigenvalue weighted by molar-refractivity contribution is -0.150. The van der Waals surface area contributed by atoms with E-state index in [1.54, 1.807) is 30.3 Å².